The van der Waals surface area contributed by atoms with E-state index in [1.165, 1.54) is 0 Å². The molecule has 2 heterocycles. The smallest absolute Gasteiger partial charge is 0.321 e. The molecule has 0 aliphatic heterocycles. The Morgan fingerprint density at radius 1 is 1.06 bits per heavy atom. The minimum absolute atomic E-state index is 0.217. The van der Waals surface area contributed by atoms with E-state index in [1.807, 2.05) is 13.8 Å². The molecule has 0 unspecified atom stereocenters. The molecule has 0 atom stereocenters. The SMILES string of the molecule is Cc1nnc(Nc2nc(C)c(O)c(C)c2C)o1. The molecule has 90 valence electrons. The van der Waals surface area contributed by atoms with Gasteiger partial charge in [0.05, 0.1) is 5.69 Å². The number of pyridine rings is 1. The molecule has 0 aromatic carbocycles. The standard InChI is InChI=1S/C11H14N4O2/c1-5-6(2)10(12-7(3)9(5)16)13-11-15-14-8(4)17-11/h16H,1-4H3,(H,12,13,15). The van der Waals surface area contributed by atoms with E-state index in [4.69, 9.17) is 4.42 Å². The quantitative estimate of drug-likeness (QED) is 0.828. The first-order valence-corrected chi connectivity index (χ1v) is 5.23. The second kappa shape index (κ2) is 4.04. The zero-order chi connectivity index (χ0) is 12.6. The van der Waals surface area contributed by atoms with Crippen LogP contribution in [0, 0.1) is 27.7 Å². The molecule has 0 saturated heterocycles. The van der Waals surface area contributed by atoms with Crippen LogP contribution in [0.25, 0.3) is 0 Å². The van der Waals surface area contributed by atoms with Gasteiger partial charge >= 0.3 is 6.01 Å². The summed E-state index contributed by atoms with van der Waals surface area (Å²) in [5, 5.41) is 20.2. The Balaban J connectivity index is 2.40. The first-order chi connectivity index (χ1) is 7.99. The number of anilines is 2. The molecule has 6 heteroatoms. The number of nitrogens with one attached hydrogen (secondary N) is 1. The van der Waals surface area contributed by atoms with Gasteiger partial charge in [-0.2, -0.15) is 0 Å². The molecule has 2 aromatic rings. The third-order valence-corrected chi connectivity index (χ3v) is 2.65. The summed E-state index contributed by atoms with van der Waals surface area (Å²) in [5.74, 6) is 1.31. The average Bonchev–Trinajstić information content (AvgIpc) is 2.69. The van der Waals surface area contributed by atoms with E-state index in [2.05, 4.69) is 20.5 Å². The van der Waals surface area contributed by atoms with Crippen LogP contribution in [0.3, 0.4) is 0 Å². The van der Waals surface area contributed by atoms with Gasteiger partial charge in [-0.25, -0.2) is 4.98 Å². The van der Waals surface area contributed by atoms with Crippen LogP contribution in [0.2, 0.25) is 0 Å². The minimum atomic E-state index is 0.217. The number of rotatable bonds is 2. The normalized spacial score (nSPS) is 10.6. The molecule has 0 fully saturated rings. The van der Waals surface area contributed by atoms with Crippen molar-refractivity contribution in [1.29, 1.82) is 0 Å². The first kappa shape index (κ1) is 11.4. The molecule has 6 nitrogen and oxygen atoms in total. The fourth-order valence-corrected chi connectivity index (χ4v) is 1.50. The average molecular weight is 234 g/mol. The van der Waals surface area contributed by atoms with E-state index in [1.54, 1.807) is 13.8 Å². The fourth-order valence-electron chi connectivity index (χ4n) is 1.50. The van der Waals surface area contributed by atoms with Gasteiger partial charge in [0.25, 0.3) is 0 Å². The van der Waals surface area contributed by atoms with E-state index < -0.39 is 0 Å². The summed E-state index contributed by atoms with van der Waals surface area (Å²) in [5.41, 5.74) is 2.20. The van der Waals surface area contributed by atoms with Gasteiger partial charge in [0.1, 0.15) is 11.6 Å². The summed E-state index contributed by atoms with van der Waals surface area (Å²) in [6.07, 6.45) is 0. The van der Waals surface area contributed by atoms with Gasteiger partial charge in [-0.1, -0.05) is 5.10 Å². The molecule has 2 N–H and O–H groups in total. The number of hydrogen-bond acceptors (Lipinski definition) is 6. The van der Waals surface area contributed by atoms with Crippen molar-refractivity contribution in [2.24, 2.45) is 0 Å². The Kier molecular flexibility index (Phi) is 2.71. The van der Waals surface area contributed by atoms with Crippen molar-refractivity contribution in [3.8, 4) is 5.75 Å². The van der Waals surface area contributed by atoms with Crippen molar-refractivity contribution >= 4 is 11.8 Å². The topological polar surface area (TPSA) is 84.1 Å². The Bertz CT molecular complexity index is 563. The third-order valence-electron chi connectivity index (χ3n) is 2.65. The lowest BCUT2D eigenvalue weighted by molar-refractivity contribution is 0.463. The number of aryl methyl sites for hydroxylation is 2. The van der Waals surface area contributed by atoms with Crippen LogP contribution in [-0.4, -0.2) is 20.3 Å². The second-order valence-corrected chi connectivity index (χ2v) is 3.90. The highest BCUT2D eigenvalue weighted by molar-refractivity contribution is 5.58. The van der Waals surface area contributed by atoms with E-state index >= 15 is 0 Å². The van der Waals surface area contributed by atoms with Crippen molar-refractivity contribution in [3.05, 3.63) is 22.7 Å². The highest BCUT2D eigenvalue weighted by atomic mass is 16.4. The molecule has 0 aliphatic rings. The molecule has 0 bridgehead atoms. The fraction of sp³-hybridized carbons (Fsp3) is 0.364. The van der Waals surface area contributed by atoms with Crippen molar-refractivity contribution in [2.45, 2.75) is 27.7 Å². The van der Waals surface area contributed by atoms with Gasteiger partial charge in [-0.05, 0) is 31.9 Å². The Labute approximate surface area is 98.7 Å². The van der Waals surface area contributed by atoms with E-state index in [0.717, 1.165) is 11.1 Å². The minimum Gasteiger partial charge on any atom is -0.506 e. The molecule has 0 spiro atoms. The number of hydrogen-bond donors (Lipinski definition) is 2. The van der Waals surface area contributed by atoms with Crippen LogP contribution in [0.15, 0.2) is 4.42 Å². The van der Waals surface area contributed by atoms with Crippen LogP contribution >= 0.6 is 0 Å². The van der Waals surface area contributed by atoms with E-state index in [0.29, 0.717) is 23.4 Å². The van der Waals surface area contributed by atoms with Gasteiger partial charge in [-0.15, -0.1) is 5.10 Å². The highest BCUT2D eigenvalue weighted by Gasteiger charge is 2.12. The van der Waals surface area contributed by atoms with Gasteiger partial charge < -0.3 is 9.52 Å². The van der Waals surface area contributed by atoms with Gasteiger partial charge in [0, 0.05) is 6.92 Å². The van der Waals surface area contributed by atoms with Gasteiger partial charge in [0.2, 0.25) is 5.89 Å². The lowest BCUT2D eigenvalue weighted by Gasteiger charge is -2.11. The summed E-state index contributed by atoms with van der Waals surface area (Å²) in [6.45, 7) is 7.16. The number of aromatic nitrogens is 3. The summed E-state index contributed by atoms with van der Waals surface area (Å²) in [6, 6.07) is 0.294. The molecule has 0 radical (unpaired) electrons. The zero-order valence-electron chi connectivity index (χ0n) is 10.2. The van der Waals surface area contributed by atoms with Crippen molar-refractivity contribution < 1.29 is 9.52 Å². The maximum atomic E-state index is 9.74. The Morgan fingerprint density at radius 2 is 1.76 bits per heavy atom. The number of nitrogens with zero attached hydrogens (tertiary/aromatic N) is 3. The van der Waals surface area contributed by atoms with Crippen LogP contribution in [0.5, 0.6) is 5.75 Å². The molecule has 17 heavy (non-hydrogen) atoms. The molecule has 0 aliphatic carbocycles. The first-order valence-electron chi connectivity index (χ1n) is 5.23. The second-order valence-electron chi connectivity index (χ2n) is 3.90. The van der Waals surface area contributed by atoms with Gasteiger partial charge in [0.15, 0.2) is 0 Å². The lowest BCUT2D eigenvalue weighted by atomic mass is 10.1. The van der Waals surface area contributed by atoms with Crippen molar-refractivity contribution in [2.75, 3.05) is 5.32 Å². The van der Waals surface area contributed by atoms with Crippen LogP contribution in [-0.2, 0) is 0 Å². The maximum absolute atomic E-state index is 9.74. The van der Waals surface area contributed by atoms with Gasteiger partial charge in [-0.3, -0.25) is 5.32 Å². The summed E-state index contributed by atoms with van der Waals surface area (Å²) < 4.78 is 5.22. The van der Waals surface area contributed by atoms with Crippen LogP contribution in [0.1, 0.15) is 22.7 Å². The highest BCUT2D eigenvalue weighted by Crippen LogP contribution is 2.28. The lowest BCUT2D eigenvalue weighted by Crippen LogP contribution is -2.01. The molecular weight excluding hydrogens is 220 g/mol. The Morgan fingerprint density at radius 3 is 2.35 bits per heavy atom. The zero-order valence-corrected chi connectivity index (χ0v) is 10.2. The summed E-state index contributed by atoms with van der Waals surface area (Å²) >= 11 is 0. The maximum Gasteiger partial charge on any atom is 0.321 e. The Hall–Kier alpha value is -2.11. The largest absolute Gasteiger partial charge is 0.506 e. The molecule has 0 saturated carbocycles. The predicted octanol–water partition coefficient (Wildman–Crippen LogP) is 2.15. The van der Waals surface area contributed by atoms with Crippen molar-refractivity contribution in [3.63, 3.8) is 0 Å². The van der Waals surface area contributed by atoms with Crippen molar-refractivity contribution in [1.82, 2.24) is 15.2 Å². The van der Waals surface area contributed by atoms with Crippen LogP contribution < -0.4 is 5.32 Å². The van der Waals surface area contributed by atoms with E-state index in [9.17, 15) is 5.11 Å². The predicted molar refractivity (Wildman–Crippen MR) is 62.4 cm³/mol. The third kappa shape index (κ3) is 2.06. The number of aromatic hydroxyl groups is 1. The van der Waals surface area contributed by atoms with Crippen LogP contribution in [0.4, 0.5) is 11.8 Å². The summed E-state index contributed by atoms with van der Waals surface area (Å²) in [7, 11) is 0. The molecule has 2 rings (SSSR count). The monoisotopic (exact) mass is 234 g/mol. The molecular formula is C11H14N4O2. The van der Waals surface area contributed by atoms with E-state index in [-0.39, 0.29) is 5.75 Å². The molecule has 0 amide bonds. The molecule has 2 aromatic heterocycles. The summed E-state index contributed by atoms with van der Waals surface area (Å²) in [4.78, 5) is 4.25.